The molecule has 1 aliphatic heterocycles. The van der Waals surface area contributed by atoms with Gasteiger partial charge < -0.3 is 9.26 Å². The molecule has 4 heterocycles. The van der Waals surface area contributed by atoms with Crippen molar-refractivity contribution < 1.29 is 9.26 Å². The molecule has 1 unspecified atom stereocenters. The molecule has 1 atom stereocenters. The van der Waals surface area contributed by atoms with Crippen LogP contribution < -0.4 is 0 Å². The molecule has 0 amide bonds. The van der Waals surface area contributed by atoms with E-state index in [1.165, 1.54) is 0 Å². The summed E-state index contributed by atoms with van der Waals surface area (Å²) in [6.45, 7) is 7.83. The Balaban J connectivity index is 1.58. The number of rotatable bonds is 4. The number of hydrogen-bond donors (Lipinski definition) is 0. The van der Waals surface area contributed by atoms with Crippen LogP contribution in [0.4, 0.5) is 0 Å². The molecular formula is C19H22N4O2S. The van der Waals surface area contributed by atoms with E-state index in [4.69, 9.17) is 14.2 Å². The van der Waals surface area contributed by atoms with Crippen molar-refractivity contribution in [3.8, 4) is 22.2 Å². The summed E-state index contributed by atoms with van der Waals surface area (Å²) in [7, 11) is 0. The van der Waals surface area contributed by atoms with Crippen molar-refractivity contribution >= 4 is 11.3 Å². The Morgan fingerprint density at radius 3 is 2.81 bits per heavy atom. The van der Waals surface area contributed by atoms with Crippen molar-refractivity contribution in [1.29, 1.82) is 0 Å². The van der Waals surface area contributed by atoms with Gasteiger partial charge in [-0.2, -0.15) is 4.98 Å². The van der Waals surface area contributed by atoms with Gasteiger partial charge >= 0.3 is 0 Å². The molecule has 0 spiro atoms. The summed E-state index contributed by atoms with van der Waals surface area (Å²) in [5.41, 5.74) is 2.83. The minimum absolute atomic E-state index is 0.372. The van der Waals surface area contributed by atoms with E-state index >= 15 is 0 Å². The van der Waals surface area contributed by atoms with Crippen molar-refractivity contribution in [2.24, 2.45) is 0 Å². The lowest BCUT2D eigenvalue weighted by Gasteiger charge is -2.19. The van der Waals surface area contributed by atoms with Crippen LogP contribution in [0.5, 0.6) is 0 Å². The van der Waals surface area contributed by atoms with Gasteiger partial charge in [0.2, 0.25) is 5.82 Å². The number of aryl methyl sites for hydroxylation is 1. The molecule has 0 aromatic carbocycles. The second-order valence-electron chi connectivity index (χ2n) is 6.93. The first-order valence-electron chi connectivity index (χ1n) is 8.97. The number of thiazole rings is 1. The first kappa shape index (κ1) is 17.3. The fourth-order valence-electron chi connectivity index (χ4n) is 3.04. The highest BCUT2D eigenvalue weighted by molar-refractivity contribution is 7.15. The van der Waals surface area contributed by atoms with Gasteiger partial charge in [-0.15, -0.1) is 11.3 Å². The van der Waals surface area contributed by atoms with Gasteiger partial charge in [0.05, 0.1) is 17.3 Å². The number of ether oxygens (including phenoxy) is 1. The topological polar surface area (TPSA) is 73.9 Å². The van der Waals surface area contributed by atoms with E-state index in [0.717, 1.165) is 52.9 Å². The Bertz CT molecular complexity index is 879. The lowest BCUT2D eigenvalue weighted by Crippen LogP contribution is -2.15. The lowest BCUT2D eigenvalue weighted by atomic mass is 10.0. The van der Waals surface area contributed by atoms with Crippen molar-refractivity contribution in [2.45, 2.75) is 45.4 Å². The molecule has 7 heteroatoms. The zero-order chi connectivity index (χ0) is 18.1. The third-order valence-corrected chi connectivity index (χ3v) is 5.89. The normalized spacial score (nSPS) is 17.8. The van der Waals surface area contributed by atoms with Crippen LogP contribution in [0.2, 0.25) is 0 Å². The summed E-state index contributed by atoms with van der Waals surface area (Å²) in [6.07, 6.45) is 4.01. The van der Waals surface area contributed by atoms with Gasteiger partial charge in [-0.25, -0.2) is 4.98 Å². The monoisotopic (exact) mass is 370 g/mol. The van der Waals surface area contributed by atoms with Crippen LogP contribution in [0.3, 0.4) is 0 Å². The highest BCUT2D eigenvalue weighted by Crippen LogP contribution is 2.36. The van der Waals surface area contributed by atoms with Crippen LogP contribution in [-0.4, -0.2) is 33.3 Å². The van der Waals surface area contributed by atoms with Gasteiger partial charge in [-0.3, -0.25) is 4.98 Å². The molecule has 3 aromatic rings. The van der Waals surface area contributed by atoms with Crippen LogP contribution in [-0.2, 0) is 4.74 Å². The second kappa shape index (κ2) is 7.25. The fraction of sp³-hybridized carbons (Fsp3) is 0.474. The van der Waals surface area contributed by atoms with Crippen LogP contribution in [0.25, 0.3) is 22.2 Å². The van der Waals surface area contributed by atoms with Gasteiger partial charge in [0.1, 0.15) is 4.88 Å². The summed E-state index contributed by atoms with van der Waals surface area (Å²) in [5, 5.41) is 5.23. The Hall–Kier alpha value is -2.12. The summed E-state index contributed by atoms with van der Waals surface area (Å²) >= 11 is 1.63. The van der Waals surface area contributed by atoms with Crippen LogP contribution in [0.1, 0.15) is 54.9 Å². The molecule has 0 aliphatic carbocycles. The van der Waals surface area contributed by atoms with Crippen LogP contribution >= 0.6 is 11.3 Å². The summed E-state index contributed by atoms with van der Waals surface area (Å²) < 4.78 is 11.1. The molecular weight excluding hydrogens is 348 g/mol. The quantitative estimate of drug-likeness (QED) is 0.669. The van der Waals surface area contributed by atoms with Gasteiger partial charge in [-0.05, 0) is 37.8 Å². The maximum absolute atomic E-state index is 5.59. The molecule has 26 heavy (non-hydrogen) atoms. The van der Waals surface area contributed by atoms with Crippen LogP contribution in [0, 0.1) is 6.92 Å². The van der Waals surface area contributed by atoms with Gasteiger partial charge in [-0.1, -0.05) is 19.0 Å². The molecule has 6 nitrogen and oxygen atoms in total. The van der Waals surface area contributed by atoms with E-state index in [1.54, 1.807) is 17.5 Å². The molecule has 0 radical (unpaired) electrons. The first-order valence-corrected chi connectivity index (χ1v) is 9.79. The van der Waals surface area contributed by atoms with Crippen molar-refractivity contribution in [3.05, 3.63) is 34.7 Å². The number of nitrogens with zero attached hydrogens (tertiary/aromatic N) is 4. The van der Waals surface area contributed by atoms with Crippen molar-refractivity contribution in [2.75, 3.05) is 13.2 Å². The molecule has 0 N–H and O–H groups in total. The van der Waals surface area contributed by atoms with Gasteiger partial charge in [0.15, 0.2) is 0 Å². The van der Waals surface area contributed by atoms with E-state index in [0.29, 0.717) is 23.6 Å². The fourth-order valence-corrected chi connectivity index (χ4v) is 4.15. The molecule has 136 valence electrons. The van der Waals surface area contributed by atoms with Crippen molar-refractivity contribution in [1.82, 2.24) is 20.1 Å². The number of pyridine rings is 1. The number of aromatic nitrogens is 4. The minimum Gasteiger partial charge on any atom is -0.381 e. The van der Waals surface area contributed by atoms with Crippen molar-refractivity contribution in [3.63, 3.8) is 0 Å². The average molecular weight is 370 g/mol. The van der Waals surface area contributed by atoms with E-state index in [1.807, 2.05) is 19.1 Å². The van der Waals surface area contributed by atoms with Gasteiger partial charge in [0, 0.05) is 30.0 Å². The highest BCUT2D eigenvalue weighted by Gasteiger charge is 2.23. The molecule has 3 aromatic heterocycles. The maximum Gasteiger partial charge on any atom is 0.270 e. The molecule has 1 fully saturated rings. The summed E-state index contributed by atoms with van der Waals surface area (Å²) in [6, 6.07) is 4.00. The summed E-state index contributed by atoms with van der Waals surface area (Å²) in [5.74, 6) is 1.84. The Kier molecular flexibility index (Phi) is 4.82. The Morgan fingerprint density at radius 1 is 1.23 bits per heavy atom. The molecule has 4 rings (SSSR count). The zero-order valence-corrected chi connectivity index (χ0v) is 16.0. The predicted octanol–water partition coefficient (Wildman–Crippen LogP) is 4.58. The van der Waals surface area contributed by atoms with E-state index in [-0.39, 0.29) is 0 Å². The molecule has 0 saturated carbocycles. The smallest absolute Gasteiger partial charge is 0.270 e. The minimum atomic E-state index is 0.372. The summed E-state index contributed by atoms with van der Waals surface area (Å²) in [4.78, 5) is 14.7. The maximum atomic E-state index is 5.59. The first-order chi connectivity index (χ1) is 12.6. The van der Waals surface area contributed by atoms with E-state index in [2.05, 4.69) is 29.0 Å². The molecule has 1 saturated heterocycles. The van der Waals surface area contributed by atoms with E-state index < -0.39 is 0 Å². The standard InChI is InChI=1S/C19H22N4O2S/c1-11(2)15-7-6-13(9-20-15)17-22-18(25-23-17)16-12(3)21-19(26-16)14-5-4-8-24-10-14/h6-7,9,11,14H,4-5,8,10H2,1-3H3. The van der Waals surface area contributed by atoms with Gasteiger partial charge in [0.25, 0.3) is 5.89 Å². The highest BCUT2D eigenvalue weighted by atomic mass is 32.1. The van der Waals surface area contributed by atoms with Crippen LogP contribution in [0.15, 0.2) is 22.9 Å². The van der Waals surface area contributed by atoms with E-state index in [9.17, 15) is 0 Å². The Labute approximate surface area is 156 Å². The average Bonchev–Trinajstić information content (AvgIpc) is 3.29. The third kappa shape index (κ3) is 3.41. The third-order valence-electron chi connectivity index (χ3n) is 4.58. The number of hydrogen-bond acceptors (Lipinski definition) is 7. The molecule has 0 bridgehead atoms. The second-order valence-corrected chi connectivity index (χ2v) is 7.96. The molecule has 1 aliphatic rings. The predicted molar refractivity (Wildman–Crippen MR) is 100 cm³/mol. The SMILES string of the molecule is Cc1nc(C2CCCOC2)sc1-c1nc(-c2ccc(C(C)C)nc2)no1. The largest absolute Gasteiger partial charge is 0.381 e. The zero-order valence-electron chi connectivity index (χ0n) is 15.2. The lowest BCUT2D eigenvalue weighted by molar-refractivity contribution is 0.0803. The Morgan fingerprint density at radius 2 is 2.12 bits per heavy atom.